The van der Waals surface area contributed by atoms with Crippen molar-refractivity contribution in [3.05, 3.63) is 78.2 Å². The van der Waals surface area contributed by atoms with Crippen molar-refractivity contribution in [3.8, 4) is 0 Å². The van der Waals surface area contributed by atoms with Crippen LogP contribution in [0.2, 0.25) is 0 Å². The van der Waals surface area contributed by atoms with Crippen molar-refractivity contribution >= 4 is 17.5 Å². The molecule has 0 amide bonds. The summed E-state index contributed by atoms with van der Waals surface area (Å²) in [6.07, 6.45) is 3.05. The Morgan fingerprint density at radius 1 is 1.04 bits per heavy atom. The van der Waals surface area contributed by atoms with Gasteiger partial charge in [0.15, 0.2) is 0 Å². The Balaban J connectivity index is 2.36. The van der Waals surface area contributed by atoms with E-state index in [1.54, 1.807) is 36.4 Å². The molecule has 0 atom stereocenters. The summed E-state index contributed by atoms with van der Waals surface area (Å²) in [6.45, 7) is 7.00. The molecule has 25 heavy (non-hydrogen) atoms. The molecule has 0 fully saturated rings. The molecule has 5 heteroatoms. The molecule has 130 valence electrons. The Hall–Kier alpha value is -2.95. The van der Waals surface area contributed by atoms with Crippen LogP contribution in [0.15, 0.2) is 72.6 Å². The smallest absolute Gasteiger partial charge is 0.330 e. The highest BCUT2D eigenvalue weighted by molar-refractivity contribution is 5.87. The largest absolute Gasteiger partial charge is 0.478 e. The van der Waals surface area contributed by atoms with Crippen LogP contribution in [-0.4, -0.2) is 22.2 Å². The van der Waals surface area contributed by atoms with E-state index in [9.17, 15) is 14.0 Å². The molecule has 2 N–H and O–H groups in total. The number of rotatable bonds is 7. The van der Waals surface area contributed by atoms with E-state index in [4.69, 9.17) is 10.2 Å². The molecule has 1 aromatic carbocycles. The van der Waals surface area contributed by atoms with Crippen molar-refractivity contribution < 1.29 is 24.2 Å². The summed E-state index contributed by atoms with van der Waals surface area (Å²) in [6, 6.07) is 8.97. The van der Waals surface area contributed by atoms with Gasteiger partial charge in [0.2, 0.25) is 0 Å². The molecular weight excluding hydrogens is 323 g/mol. The van der Waals surface area contributed by atoms with Crippen LogP contribution in [-0.2, 0) is 9.59 Å². The molecular formula is C20H19FO4. The summed E-state index contributed by atoms with van der Waals surface area (Å²) in [5.41, 5.74) is -0.0810. The van der Waals surface area contributed by atoms with Crippen molar-refractivity contribution in [3.63, 3.8) is 0 Å². The van der Waals surface area contributed by atoms with Crippen LogP contribution in [0.3, 0.4) is 0 Å². The maximum Gasteiger partial charge on any atom is 0.330 e. The molecule has 0 saturated carbocycles. The van der Waals surface area contributed by atoms with E-state index in [0.717, 1.165) is 0 Å². The average Bonchev–Trinajstić information content (AvgIpc) is 2.55. The third-order valence-electron chi connectivity index (χ3n) is 4.22. The van der Waals surface area contributed by atoms with Crippen molar-refractivity contribution in [2.24, 2.45) is 5.41 Å². The zero-order valence-electron chi connectivity index (χ0n) is 13.7. The van der Waals surface area contributed by atoms with E-state index in [0.29, 0.717) is 11.1 Å². The molecule has 0 spiro atoms. The van der Waals surface area contributed by atoms with Gasteiger partial charge in [-0.25, -0.2) is 14.0 Å². The molecule has 0 radical (unpaired) electrons. The predicted molar refractivity (Wildman–Crippen MR) is 93.4 cm³/mol. The molecule has 0 saturated heterocycles. The van der Waals surface area contributed by atoms with Crippen molar-refractivity contribution in [2.45, 2.75) is 19.3 Å². The van der Waals surface area contributed by atoms with Crippen LogP contribution >= 0.6 is 0 Å². The second-order valence-electron chi connectivity index (χ2n) is 6.23. The first-order valence-corrected chi connectivity index (χ1v) is 7.69. The van der Waals surface area contributed by atoms with Gasteiger partial charge in [-0.15, -0.1) is 0 Å². The van der Waals surface area contributed by atoms with Crippen molar-refractivity contribution in [1.29, 1.82) is 0 Å². The standard InChI is InChI=1S/C20H19FO4/c1-13(18(22)23)10-20(11-14(2)19(24)25)9-8-16(17(21)12-20)15-6-4-3-5-7-15/h3-9H,1-2,10-12H2,(H,22,23)(H,24,25). The Bertz CT molecular complexity index is 759. The lowest BCUT2D eigenvalue weighted by molar-refractivity contribution is -0.133. The first-order valence-electron chi connectivity index (χ1n) is 7.69. The number of hydrogen-bond donors (Lipinski definition) is 2. The predicted octanol–water partition coefficient (Wildman–Crippen LogP) is 4.38. The number of carbonyl (C=O) groups is 2. The Morgan fingerprint density at radius 3 is 2.00 bits per heavy atom. The Kier molecular flexibility index (Phi) is 5.37. The van der Waals surface area contributed by atoms with E-state index in [-0.39, 0.29) is 30.4 Å². The lowest BCUT2D eigenvalue weighted by Gasteiger charge is -2.33. The summed E-state index contributed by atoms with van der Waals surface area (Å²) in [5, 5.41) is 18.2. The average molecular weight is 342 g/mol. The number of benzene rings is 1. The monoisotopic (exact) mass is 342 g/mol. The quantitative estimate of drug-likeness (QED) is 0.721. The van der Waals surface area contributed by atoms with Gasteiger partial charge in [0.25, 0.3) is 0 Å². The van der Waals surface area contributed by atoms with Gasteiger partial charge in [-0.1, -0.05) is 55.6 Å². The van der Waals surface area contributed by atoms with E-state index in [1.807, 2.05) is 6.07 Å². The number of carboxylic acids is 2. The normalized spacial score (nSPS) is 15.7. The Morgan fingerprint density at radius 2 is 1.56 bits per heavy atom. The fraction of sp³-hybridized carbons (Fsp3) is 0.200. The minimum Gasteiger partial charge on any atom is -0.478 e. The van der Waals surface area contributed by atoms with Crippen LogP contribution in [0.4, 0.5) is 4.39 Å². The van der Waals surface area contributed by atoms with Crippen LogP contribution in [0.5, 0.6) is 0 Å². The van der Waals surface area contributed by atoms with Gasteiger partial charge in [-0.2, -0.15) is 0 Å². The molecule has 0 aromatic heterocycles. The summed E-state index contributed by atoms with van der Waals surface area (Å²) in [4.78, 5) is 22.3. The number of aliphatic carboxylic acids is 2. The van der Waals surface area contributed by atoms with Crippen LogP contribution < -0.4 is 0 Å². The lowest BCUT2D eigenvalue weighted by Crippen LogP contribution is -2.25. The van der Waals surface area contributed by atoms with Gasteiger partial charge in [-0.05, 0) is 18.4 Å². The number of hydrogen-bond acceptors (Lipinski definition) is 2. The molecule has 0 unspecified atom stereocenters. The molecule has 1 aliphatic carbocycles. The second-order valence-corrected chi connectivity index (χ2v) is 6.23. The van der Waals surface area contributed by atoms with Gasteiger partial charge in [0, 0.05) is 28.6 Å². The Labute approximate surface area is 145 Å². The fourth-order valence-corrected chi connectivity index (χ4v) is 2.99. The van der Waals surface area contributed by atoms with Gasteiger partial charge in [0.05, 0.1) is 0 Å². The minimum absolute atomic E-state index is 0.0549. The number of carboxylic acid groups (broad SMARTS) is 2. The van der Waals surface area contributed by atoms with E-state index >= 15 is 0 Å². The third-order valence-corrected chi connectivity index (χ3v) is 4.22. The zero-order valence-corrected chi connectivity index (χ0v) is 13.7. The van der Waals surface area contributed by atoms with Crippen molar-refractivity contribution in [2.75, 3.05) is 0 Å². The second kappa shape index (κ2) is 7.30. The van der Waals surface area contributed by atoms with E-state index < -0.39 is 23.2 Å². The highest BCUT2D eigenvalue weighted by Gasteiger charge is 2.36. The van der Waals surface area contributed by atoms with Crippen LogP contribution in [0.25, 0.3) is 5.57 Å². The van der Waals surface area contributed by atoms with Gasteiger partial charge >= 0.3 is 11.9 Å². The first kappa shape index (κ1) is 18.4. The summed E-state index contributed by atoms with van der Waals surface area (Å²) < 4.78 is 14.8. The molecule has 0 heterocycles. The maximum absolute atomic E-state index is 14.8. The van der Waals surface area contributed by atoms with Gasteiger partial charge < -0.3 is 10.2 Å². The molecule has 2 rings (SSSR count). The van der Waals surface area contributed by atoms with Crippen molar-refractivity contribution in [1.82, 2.24) is 0 Å². The number of allylic oxidation sites excluding steroid dienone is 4. The first-order chi connectivity index (χ1) is 11.7. The molecule has 0 bridgehead atoms. The SMILES string of the molecule is C=C(CC1(CC(=C)C(=O)O)C=CC(c2ccccc2)=C(F)C1)C(=O)O. The van der Waals surface area contributed by atoms with E-state index in [2.05, 4.69) is 13.2 Å². The summed E-state index contributed by atoms with van der Waals surface area (Å²) >= 11 is 0. The summed E-state index contributed by atoms with van der Waals surface area (Å²) in [7, 11) is 0. The summed E-state index contributed by atoms with van der Waals surface area (Å²) in [5.74, 6) is -2.79. The van der Waals surface area contributed by atoms with E-state index in [1.165, 1.54) is 0 Å². The lowest BCUT2D eigenvalue weighted by atomic mass is 9.70. The maximum atomic E-state index is 14.8. The minimum atomic E-state index is -1.19. The third kappa shape index (κ3) is 4.32. The topological polar surface area (TPSA) is 74.6 Å². The van der Waals surface area contributed by atoms with Crippen LogP contribution in [0, 0.1) is 5.41 Å². The molecule has 4 nitrogen and oxygen atoms in total. The van der Waals surface area contributed by atoms with Gasteiger partial charge in [0.1, 0.15) is 5.83 Å². The highest BCUT2D eigenvalue weighted by atomic mass is 19.1. The highest BCUT2D eigenvalue weighted by Crippen LogP contribution is 2.46. The van der Waals surface area contributed by atoms with Crippen LogP contribution in [0.1, 0.15) is 24.8 Å². The molecule has 1 aliphatic rings. The molecule has 0 aliphatic heterocycles. The van der Waals surface area contributed by atoms with Gasteiger partial charge in [-0.3, -0.25) is 0 Å². The zero-order chi connectivity index (χ0) is 18.6. The molecule has 1 aromatic rings. The number of halogens is 1. The fourth-order valence-electron chi connectivity index (χ4n) is 2.99.